The Bertz CT molecular complexity index is 143. The first-order valence-corrected chi connectivity index (χ1v) is 6.41. The molecule has 6 heteroatoms. The molecule has 0 rings (SSSR count). The minimum atomic E-state index is -1.06. The number of hydrogen-bond donors (Lipinski definition) is 4. The van der Waals surface area contributed by atoms with Crippen LogP contribution in [0.5, 0.6) is 0 Å². The third-order valence-corrected chi connectivity index (χ3v) is 1.07. The van der Waals surface area contributed by atoms with Crippen molar-refractivity contribution in [1.29, 1.82) is 0 Å². The van der Waals surface area contributed by atoms with Gasteiger partial charge < -0.3 is 20.4 Å². The fourth-order valence-electron chi connectivity index (χ4n) is 0.213. The van der Waals surface area contributed by atoms with Gasteiger partial charge in [0.05, 0.1) is 0 Å². The molecule has 0 amide bonds. The molecule has 0 bridgehead atoms. The summed E-state index contributed by atoms with van der Waals surface area (Å²) in [5, 5.41) is 31.5. The van der Waals surface area contributed by atoms with Gasteiger partial charge in [-0.3, -0.25) is 9.59 Å². The minimum Gasteiger partial charge on any atom is -0.481 e. The van der Waals surface area contributed by atoms with Gasteiger partial charge in [0, 0.05) is 19.8 Å². The van der Waals surface area contributed by atoms with Crippen LogP contribution in [-0.2, 0) is 9.59 Å². The maximum absolute atomic E-state index is 9.87. The molecular weight excluding hydrogens is 252 g/mol. The van der Waals surface area contributed by atoms with Crippen molar-refractivity contribution in [2.45, 2.75) is 53.4 Å². The van der Waals surface area contributed by atoms with Gasteiger partial charge in [-0.2, -0.15) is 0 Å². The average Bonchev–Trinajstić information content (AvgIpc) is 2.38. The maximum atomic E-state index is 9.87. The molecule has 0 aromatic carbocycles. The minimum absolute atomic E-state index is 0.312. The van der Waals surface area contributed by atoms with Crippen molar-refractivity contribution in [3.05, 3.63) is 0 Å². The van der Waals surface area contributed by atoms with Crippen molar-refractivity contribution in [3.8, 4) is 0 Å². The monoisotopic (exact) mass is 282 g/mol. The number of hydrogen-bond acceptors (Lipinski definition) is 5. The number of carboxylic acids is 1. The summed E-state index contributed by atoms with van der Waals surface area (Å²) in [5.41, 5.74) is 0. The van der Waals surface area contributed by atoms with Crippen molar-refractivity contribution in [2.24, 2.45) is 0 Å². The van der Waals surface area contributed by atoms with Crippen molar-refractivity contribution in [2.75, 3.05) is 19.8 Å². The zero-order valence-corrected chi connectivity index (χ0v) is 12.6. The summed E-state index contributed by atoms with van der Waals surface area (Å²) in [6.45, 7) is 7.99. The smallest absolute Gasteiger partial charge is 0.310 e. The van der Waals surface area contributed by atoms with E-state index in [0.29, 0.717) is 19.8 Å². The standard InChI is InChI=1S/C4H6O3.3C3H8O/c1-3(5)2-4(6)7;3*1-2-3-4/h2H2,1H3,(H,6,7);3*4H,2-3H2,1H3. The highest BCUT2D eigenvalue weighted by Crippen LogP contribution is 1.77. The van der Waals surface area contributed by atoms with Crippen molar-refractivity contribution >= 4 is 11.8 Å². The van der Waals surface area contributed by atoms with Gasteiger partial charge in [-0.1, -0.05) is 20.8 Å². The van der Waals surface area contributed by atoms with Gasteiger partial charge in [0.1, 0.15) is 12.2 Å². The van der Waals surface area contributed by atoms with E-state index >= 15 is 0 Å². The molecule has 0 saturated carbocycles. The Morgan fingerprint density at radius 3 is 1.00 bits per heavy atom. The van der Waals surface area contributed by atoms with Crippen LogP contribution in [0.2, 0.25) is 0 Å². The van der Waals surface area contributed by atoms with Crippen LogP contribution in [0.3, 0.4) is 0 Å². The molecule has 0 heterocycles. The van der Waals surface area contributed by atoms with E-state index in [1.165, 1.54) is 6.92 Å². The quantitative estimate of drug-likeness (QED) is 0.563. The maximum Gasteiger partial charge on any atom is 0.310 e. The number of carbonyl (C=O) groups is 2. The van der Waals surface area contributed by atoms with E-state index in [1.807, 2.05) is 20.8 Å². The lowest BCUT2D eigenvalue weighted by molar-refractivity contribution is -0.139. The van der Waals surface area contributed by atoms with Crippen LogP contribution in [0.1, 0.15) is 53.4 Å². The second kappa shape index (κ2) is 30.2. The second-order valence-electron chi connectivity index (χ2n) is 3.44. The molecule has 0 aromatic heterocycles. The Labute approximate surface area is 116 Å². The summed E-state index contributed by atoms with van der Waals surface area (Å²) in [5.74, 6) is -1.37. The van der Waals surface area contributed by atoms with Gasteiger partial charge in [0.15, 0.2) is 0 Å². The molecular formula is C13H30O6. The highest BCUT2D eigenvalue weighted by Gasteiger charge is 1.98. The number of rotatable bonds is 5. The highest BCUT2D eigenvalue weighted by atomic mass is 16.4. The largest absolute Gasteiger partial charge is 0.481 e. The van der Waals surface area contributed by atoms with Gasteiger partial charge in [-0.25, -0.2) is 0 Å². The van der Waals surface area contributed by atoms with E-state index in [9.17, 15) is 9.59 Å². The summed E-state index contributed by atoms with van der Waals surface area (Å²) < 4.78 is 0. The van der Waals surface area contributed by atoms with Gasteiger partial charge in [-0.05, 0) is 26.2 Å². The first kappa shape index (κ1) is 26.6. The van der Waals surface area contributed by atoms with Crippen molar-refractivity contribution in [1.82, 2.24) is 0 Å². The zero-order chi connectivity index (χ0) is 16.1. The van der Waals surface area contributed by atoms with E-state index in [1.54, 1.807) is 0 Å². The number of carbonyl (C=O) groups excluding carboxylic acids is 1. The number of aliphatic hydroxyl groups is 3. The van der Waals surface area contributed by atoms with Crippen LogP contribution in [0.25, 0.3) is 0 Å². The lowest BCUT2D eigenvalue weighted by atomic mass is 10.3. The van der Waals surface area contributed by atoms with E-state index in [0.717, 1.165) is 19.3 Å². The molecule has 0 spiro atoms. The summed E-state index contributed by atoms with van der Waals surface area (Å²) in [6, 6.07) is 0. The fourth-order valence-corrected chi connectivity index (χ4v) is 0.213. The Morgan fingerprint density at radius 1 is 0.789 bits per heavy atom. The molecule has 6 nitrogen and oxygen atoms in total. The molecule has 0 radical (unpaired) electrons. The summed E-state index contributed by atoms with van der Waals surface area (Å²) in [6.07, 6.45) is 2.26. The van der Waals surface area contributed by atoms with E-state index in [4.69, 9.17) is 20.4 Å². The molecule has 118 valence electrons. The molecule has 0 fully saturated rings. The van der Waals surface area contributed by atoms with Gasteiger partial charge in [-0.15, -0.1) is 0 Å². The summed E-state index contributed by atoms with van der Waals surface area (Å²) >= 11 is 0. The molecule has 0 saturated heterocycles. The molecule has 0 aliphatic heterocycles. The third-order valence-electron chi connectivity index (χ3n) is 1.07. The average molecular weight is 282 g/mol. The highest BCUT2D eigenvalue weighted by molar-refractivity contribution is 5.93. The predicted molar refractivity (Wildman–Crippen MR) is 75.1 cm³/mol. The van der Waals surface area contributed by atoms with Crippen LogP contribution in [0.15, 0.2) is 0 Å². The first-order valence-electron chi connectivity index (χ1n) is 6.41. The van der Waals surface area contributed by atoms with Crippen molar-refractivity contribution in [3.63, 3.8) is 0 Å². The summed E-state index contributed by atoms with van der Waals surface area (Å²) in [7, 11) is 0. The van der Waals surface area contributed by atoms with E-state index < -0.39 is 5.97 Å². The van der Waals surface area contributed by atoms with Gasteiger partial charge in [0.25, 0.3) is 0 Å². The molecule has 19 heavy (non-hydrogen) atoms. The second-order valence-corrected chi connectivity index (χ2v) is 3.44. The molecule has 0 atom stereocenters. The van der Waals surface area contributed by atoms with Gasteiger partial charge >= 0.3 is 5.97 Å². The molecule has 0 unspecified atom stereocenters. The molecule has 0 aliphatic carbocycles. The number of carboxylic acid groups (broad SMARTS) is 1. The van der Waals surface area contributed by atoms with Crippen LogP contribution < -0.4 is 0 Å². The Hall–Kier alpha value is -0.980. The SMILES string of the molecule is CC(=O)CC(=O)O.CCCO.CCCO.CCCO. The number of ketones is 1. The topological polar surface area (TPSA) is 115 Å². The molecule has 0 aliphatic rings. The number of aliphatic carboxylic acids is 1. The Morgan fingerprint density at radius 2 is 1.00 bits per heavy atom. The molecule has 0 aromatic rings. The summed E-state index contributed by atoms with van der Waals surface area (Å²) in [4.78, 5) is 19.5. The van der Waals surface area contributed by atoms with E-state index in [-0.39, 0.29) is 12.2 Å². The Balaban J connectivity index is -0.0000000825. The fraction of sp³-hybridized carbons (Fsp3) is 0.846. The lowest BCUT2D eigenvalue weighted by Crippen LogP contribution is -2.00. The number of aliphatic hydroxyl groups excluding tert-OH is 3. The first-order chi connectivity index (χ1) is 8.87. The van der Waals surface area contributed by atoms with Crippen LogP contribution in [-0.4, -0.2) is 52.0 Å². The lowest BCUT2D eigenvalue weighted by Gasteiger charge is -1.80. The molecule has 4 N–H and O–H groups in total. The van der Waals surface area contributed by atoms with E-state index in [2.05, 4.69) is 0 Å². The third kappa shape index (κ3) is 106. The van der Waals surface area contributed by atoms with Crippen LogP contribution in [0.4, 0.5) is 0 Å². The number of Topliss-reactive ketones (excluding diaryl/α,β-unsaturated/α-hetero) is 1. The normalized spacial score (nSPS) is 7.74. The predicted octanol–water partition coefficient (Wildman–Crippen LogP) is 1.22. The van der Waals surface area contributed by atoms with Crippen LogP contribution in [0, 0.1) is 0 Å². The van der Waals surface area contributed by atoms with Crippen molar-refractivity contribution < 1.29 is 30.0 Å². The Kier molecular flexibility index (Phi) is 42.3. The van der Waals surface area contributed by atoms with Gasteiger partial charge in [0.2, 0.25) is 0 Å². The van der Waals surface area contributed by atoms with Crippen LogP contribution >= 0.6 is 0 Å². The zero-order valence-electron chi connectivity index (χ0n) is 12.6.